The molecule has 1 aromatic heterocycles. The number of sulfone groups is 1. The quantitative estimate of drug-likeness (QED) is 0.283. The first-order valence-corrected chi connectivity index (χ1v) is 16.9. The minimum Gasteiger partial charge on any atom is -0.379 e. The monoisotopic (exact) mass is 667 g/mol. The van der Waals surface area contributed by atoms with E-state index in [1.54, 1.807) is 18.9 Å². The number of hydrogen-bond acceptors (Lipinski definition) is 8. The van der Waals surface area contributed by atoms with Gasteiger partial charge in [0.15, 0.2) is 9.84 Å². The second kappa shape index (κ2) is 13.2. The van der Waals surface area contributed by atoms with Crippen molar-refractivity contribution in [3.8, 4) is 0 Å². The van der Waals surface area contributed by atoms with Gasteiger partial charge in [-0.1, -0.05) is 35.4 Å². The zero-order chi connectivity index (χ0) is 31.5. The van der Waals surface area contributed by atoms with E-state index < -0.39 is 36.4 Å². The lowest BCUT2D eigenvalue weighted by atomic mass is 10.1. The summed E-state index contributed by atoms with van der Waals surface area (Å²) in [6, 6.07) is 9.78. The molecule has 2 atom stereocenters. The van der Waals surface area contributed by atoms with Crippen molar-refractivity contribution in [1.29, 1.82) is 0 Å². The number of sulfonamides is 1. The van der Waals surface area contributed by atoms with Crippen molar-refractivity contribution in [3.05, 3.63) is 94.8 Å². The van der Waals surface area contributed by atoms with E-state index >= 15 is 0 Å². The van der Waals surface area contributed by atoms with Crippen molar-refractivity contribution in [2.24, 2.45) is 7.05 Å². The Kier molecular flexibility index (Phi) is 10.0. The van der Waals surface area contributed by atoms with Gasteiger partial charge in [0.1, 0.15) is 15.8 Å². The van der Waals surface area contributed by atoms with Gasteiger partial charge in [-0.15, -0.1) is 13.2 Å². The summed E-state index contributed by atoms with van der Waals surface area (Å²) in [5, 5.41) is 4.97. The molecule has 3 aromatic rings. The average molecular weight is 669 g/mol. The van der Waals surface area contributed by atoms with E-state index in [0.717, 1.165) is 0 Å². The number of hydrogen-bond donors (Lipinski definition) is 2. The number of benzene rings is 2. The Balaban J connectivity index is 1.57. The van der Waals surface area contributed by atoms with E-state index in [-0.39, 0.29) is 37.6 Å². The van der Waals surface area contributed by atoms with E-state index in [0.29, 0.717) is 32.0 Å². The number of aromatic nitrogens is 2. The molecule has 0 aliphatic carbocycles. The van der Waals surface area contributed by atoms with Gasteiger partial charge in [-0.3, -0.25) is 19.1 Å². The zero-order valence-electron chi connectivity index (χ0n) is 23.5. The van der Waals surface area contributed by atoms with Crippen LogP contribution in [-0.4, -0.2) is 69.1 Å². The standard InChI is InChI=1S/C28H31Cl2N5O6S2/c1-5-24(26-18(3)32-34(4)27(26)30)43(39,40)33-23-12-7-19(29)17-22(23)28(36)31-20-8-10-21(11-9-20)42(37,38)25(6-2)35-13-15-41-16-14-35/h5-12,17,24-25,33H,1-2,13-16H2,3-4H3,(H,31,36). The van der Waals surface area contributed by atoms with E-state index in [1.807, 2.05) is 0 Å². The minimum absolute atomic E-state index is 0.0371. The fourth-order valence-corrected chi connectivity index (χ4v) is 8.39. The van der Waals surface area contributed by atoms with E-state index in [9.17, 15) is 21.6 Å². The molecule has 230 valence electrons. The van der Waals surface area contributed by atoms with Crippen LogP contribution in [0.2, 0.25) is 10.2 Å². The summed E-state index contributed by atoms with van der Waals surface area (Å²) in [6.07, 6.45) is 2.61. The molecular weight excluding hydrogens is 637 g/mol. The third kappa shape index (κ3) is 6.97. The highest BCUT2D eigenvalue weighted by molar-refractivity contribution is 7.93. The zero-order valence-corrected chi connectivity index (χ0v) is 26.6. The van der Waals surface area contributed by atoms with Gasteiger partial charge in [0.05, 0.1) is 35.1 Å². The van der Waals surface area contributed by atoms with Crippen LogP contribution in [0.4, 0.5) is 11.4 Å². The van der Waals surface area contributed by atoms with Gasteiger partial charge in [0, 0.05) is 36.4 Å². The molecule has 2 aromatic carbocycles. The van der Waals surface area contributed by atoms with Crippen molar-refractivity contribution in [2.75, 3.05) is 36.3 Å². The van der Waals surface area contributed by atoms with Crippen LogP contribution in [0.5, 0.6) is 0 Å². The van der Waals surface area contributed by atoms with Crippen LogP contribution in [0, 0.1) is 6.92 Å². The molecule has 0 bridgehead atoms. The van der Waals surface area contributed by atoms with Gasteiger partial charge in [-0.2, -0.15) is 5.10 Å². The molecule has 43 heavy (non-hydrogen) atoms. The largest absolute Gasteiger partial charge is 0.379 e. The molecule has 0 radical (unpaired) electrons. The SMILES string of the molecule is C=CC(c1c(C)nn(C)c1Cl)S(=O)(=O)Nc1ccc(Cl)cc1C(=O)Nc1ccc(S(=O)(=O)C(C=C)N2CCOCC2)cc1. The Morgan fingerprint density at radius 2 is 1.70 bits per heavy atom. The number of amides is 1. The number of carbonyl (C=O) groups excluding carboxylic acids is 1. The number of anilines is 2. The summed E-state index contributed by atoms with van der Waals surface area (Å²) >= 11 is 12.5. The second-order valence-corrected chi connectivity index (χ2v) is 14.3. The van der Waals surface area contributed by atoms with Crippen molar-refractivity contribution in [1.82, 2.24) is 14.7 Å². The van der Waals surface area contributed by atoms with Crippen LogP contribution in [-0.2, 0) is 31.6 Å². The van der Waals surface area contributed by atoms with Gasteiger partial charge in [-0.25, -0.2) is 16.8 Å². The predicted octanol–water partition coefficient (Wildman–Crippen LogP) is 4.57. The highest BCUT2D eigenvalue weighted by Gasteiger charge is 2.33. The fraction of sp³-hybridized carbons (Fsp3) is 0.286. The first-order valence-electron chi connectivity index (χ1n) is 13.0. The molecule has 2 heterocycles. The molecule has 1 fully saturated rings. The number of carbonyl (C=O) groups is 1. The lowest BCUT2D eigenvalue weighted by Gasteiger charge is -2.32. The Morgan fingerprint density at radius 3 is 2.26 bits per heavy atom. The summed E-state index contributed by atoms with van der Waals surface area (Å²) < 4.78 is 62.7. The normalized spacial score (nSPS) is 15.8. The van der Waals surface area contributed by atoms with Crippen LogP contribution in [0.3, 0.4) is 0 Å². The molecule has 1 aliphatic heterocycles. The number of aryl methyl sites for hydroxylation is 2. The van der Waals surface area contributed by atoms with Crippen LogP contribution in [0.1, 0.15) is 26.9 Å². The van der Waals surface area contributed by atoms with E-state index in [1.165, 1.54) is 59.3 Å². The van der Waals surface area contributed by atoms with Gasteiger partial charge >= 0.3 is 0 Å². The smallest absolute Gasteiger partial charge is 0.257 e. The van der Waals surface area contributed by atoms with Crippen LogP contribution >= 0.6 is 23.2 Å². The molecule has 0 spiro atoms. The number of halogens is 2. The number of rotatable bonds is 11. The summed E-state index contributed by atoms with van der Waals surface area (Å²) in [5.41, 5.74) is 0.843. The van der Waals surface area contributed by atoms with Crippen molar-refractivity contribution < 1.29 is 26.4 Å². The molecular formula is C28H31Cl2N5O6S2. The lowest BCUT2D eigenvalue weighted by molar-refractivity contribution is 0.0374. The first-order chi connectivity index (χ1) is 20.3. The Bertz CT molecular complexity index is 1750. The third-order valence-electron chi connectivity index (χ3n) is 6.87. The van der Waals surface area contributed by atoms with Gasteiger partial charge in [0.25, 0.3) is 5.91 Å². The Labute approximate surface area is 261 Å². The minimum atomic E-state index is -4.21. The number of nitrogens with one attached hydrogen (secondary N) is 2. The van der Waals surface area contributed by atoms with E-state index in [4.69, 9.17) is 27.9 Å². The molecule has 11 nitrogen and oxygen atoms in total. The molecule has 15 heteroatoms. The Morgan fingerprint density at radius 1 is 1.05 bits per heavy atom. The number of nitrogens with zero attached hydrogens (tertiary/aromatic N) is 3. The molecule has 1 amide bonds. The van der Waals surface area contributed by atoms with Gasteiger partial charge < -0.3 is 10.1 Å². The number of ether oxygens (including phenoxy) is 1. The fourth-order valence-electron chi connectivity index (χ4n) is 4.75. The summed E-state index contributed by atoms with van der Waals surface area (Å²) in [6.45, 7) is 10.8. The van der Waals surface area contributed by atoms with E-state index in [2.05, 4.69) is 28.3 Å². The second-order valence-electron chi connectivity index (χ2n) is 9.70. The van der Waals surface area contributed by atoms with Gasteiger partial charge in [0.2, 0.25) is 10.0 Å². The highest BCUT2D eigenvalue weighted by Crippen LogP contribution is 2.34. The van der Waals surface area contributed by atoms with Gasteiger partial charge in [-0.05, 0) is 49.4 Å². The molecule has 1 aliphatic rings. The molecule has 2 unspecified atom stereocenters. The summed E-state index contributed by atoms with van der Waals surface area (Å²) in [4.78, 5) is 15.2. The maximum absolute atomic E-state index is 13.5. The number of morpholine rings is 1. The summed E-state index contributed by atoms with van der Waals surface area (Å²) in [7, 11) is -6.42. The lowest BCUT2D eigenvalue weighted by Crippen LogP contribution is -2.46. The van der Waals surface area contributed by atoms with Crippen molar-refractivity contribution in [2.45, 2.75) is 22.4 Å². The Hall–Kier alpha value is -3.20. The van der Waals surface area contributed by atoms with Crippen LogP contribution in [0.25, 0.3) is 0 Å². The molecule has 0 saturated carbocycles. The maximum Gasteiger partial charge on any atom is 0.257 e. The molecule has 1 saturated heterocycles. The topological polar surface area (TPSA) is 140 Å². The first kappa shape index (κ1) is 32.7. The molecule has 2 N–H and O–H groups in total. The summed E-state index contributed by atoms with van der Waals surface area (Å²) in [5.74, 6) is -0.682. The van der Waals surface area contributed by atoms with Crippen molar-refractivity contribution in [3.63, 3.8) is 0 Å². The third-order valence-corrected chi connectivity index (χ3v) is 11.2. The maximum atomic E-state index is 13.5. The van der Waals surface area contributed by atoms with Crippen molar-refractivity contribution >= 4 is 60.3 Å². The van der Waals surface area contributed by atoms with Crippen LogP contribution in [0.15, 0.2) is 72.7 Å². The molecule has 4 rings (SSSR count). The highest BCUT2D eigenvalue weighted by atomic mass is 35.5. The predicted molar refractivity (Wildman–Crippen MR) is 168 cm³/mol. The van der Waals surface area contributed by atoms with Crippen LogP contribution < -0.4 is 10.0 Å². The average Bonchev–Trinajstić information content (AvgIpc) is 3.21.